The summed E-state index contributed by atoms with van der Waals surface area (Å²) in [6.45, 7) is 4.08. The molecule has 0 aliphatic carbocycles. The number of sulfone groups is 1. The average Bonchev–Trinajstić information content (AvgIpc) is 2.46. The van der Waals surface area contributed by atoms with Gasteiger partial charge in [-0.05, 0) is 34.7 Å². The summed E-state index contributed by atoms with van der Waals surface area (Å²) < 4.78 is 60.1. The molecule has 118 valence electrons. The van der Waals surface area contributed by atoms with E-state index in [1.54, 1.807) is 0 Å². The zero-order valence-corrected chi connectivity index (χ0v) is 12.9. The van der Waals surface area contributed by atoms with E-state index in [2.05, 4.69) is 0 Å². The highest BCUT2D eigenvalue weighted by Crippen LogP contribution is 2.31. The summed E-state index contributed by atoms with van der Waals surface area (Å²) >= 11 is 0. The Labute approximate surface area is 127 Å². The molecule has 0 aliphatic heterocycles. The molecule has 0 bridgehead atoms. The lowest BCUT2D eigenvalue weighted by molar-refractivity contribution is -0.0436. The molecule has 2 nitrogen and oxygen atoms in total. The van der Waals surface area contributed by atoms with E-state index in [0.29, 0.717) is 11.5 Å². The molecule has 0 aliphatic rings. The minimum absolute atomic E-state index is 0.324. The largest absolute Gasteiger partial charge is 0.501 e. The van der Waals surface area contributed by atoms with Gasteiger partial charge in [0.05, 0.1) is 4.90 Å². The molecule has 0 heterocycles. The van der Waals surface area contributed by atoms with Crippen LogP contribution in [0.4, 0.5) is 13.2 Å². The van der Waals surface area contributed by atoms with Gasteiger partial charge in [-0.1, -0.05) is 50.2 Å². The van der Waals surface area contributed by atoms with Crippen molar-refractivity contribution in [3.63, 3.8) is 0 Å². The van der Waals surface area contributed by atoms with Gasteiger partial charge in [0.15, 0.2) is 0 Å². The molecule has 0 saturated carbocycles. The highest BCUT2D eigenvalue weighted by molar-refractivity contribution is 7.92. The smallest absolute Gasteiger partial charge is 0.214 e. The molecular weight excluding hydrogens is 313 g/mol. The quantitative estimate of drug-likeness (QED) is 0.813. The number of halogens is 3. The molecule has 0 saturated heterocycles. The fraction of sp³-hybridized carbons (Fsp3) is 0.250. The molecular formula is C16H15F3O2S. The fourth-order valence-electron chi connectivity index (χ4n) is 2.04. The molecule has 0 fully saturated rings. The van der Waals surface area contributed by atoms with Crippen molar-refractivity contribution in [3.8, 4) is 11.1 Å². The van der Waals surface area contributed by atoms with Crippen LogP contribution in [0.1, 0.15) is 25.3 Å². The van der Waals surface area contributed by atoms with Gasteiger partial charge in [-0.2, -0.15) is 13.2 Å². The number of rotatable bonds is 3. The van der Waals surface area contributed by atoms with Crippen molar-refractivity contribution in [2.75, 3.05) is 0 Å². The van der Waals surface area contributed by atoms with Gasteiger partial charge in [-0.15, -0.1) is 0 Å². The van der Waals surface area contributed by atoms with Gasteiger partial charge in [0.1, 0.15) is 0 Å². The highest BCUT2D eigenvalue weighted by atomic mass is 32.2. The van der Waals surface area contributed by atoms with E-state index in [-0.39, 0.29) is 0 Å². The molecule has 6 heteroatoms. The van der Waals surface area contributed by atoms with E-state index in [4.69, 9.17) is 0 Å². The van der Waals surface area contributed by atoms with Crippen molar-refractivity contribution >= 4 is 9.84 Å². The first-order valence-corrected chi connectivity index (χ1v) is 8.13. The van der Waals surface area contributed by atoms with Crippen LogP contribution in [0.15, 0.2) is 53.4 Å². The summed E-state index contributed by atoms with van der Waals surface area (Å²) in [4.78, 5) is -0.747. The second-order valence-corrected chi connectivity index (χ2v) is 7.19. The van der Waals surface area contributed by atoms with Crippen LogP contribution in [0.2, 0.25) is 0 Å². The van der Waals surface area contributed by atoms with Gasteiger partial charge in [0, 0.05) is 0 Å². The van der Waals surface area contributed by atoms with E-state index in [1.165, 1.54) is 12.1 Å². The van der Waals surface area contributed by atoms with Crippen LogP contribution < -0.4 is 0 Å². The monoisotopic (exact) mass is 328 g/mol. The first-order valence-electron chi connectivity index (χ1n) is 6.64. The topological polar surface area (TPSA) is 34.1 Å². The average molecular weight is 328 g/mol. The Morgan fingerprint density at radius 2 is 1.50 bits per heavy atom. The Morgan fingerprint density at radius 1 is 0.909 bits per heavy atom. The highest BCUT2D eigenvalue weighted by Gasteiger charge is 2.46. The maximum atomic E-state index is 12.5. The van der Waals surface area contributed by atoms with Crippen LogP contribution in [-0.2, 0) is 9.84 Å². The van der Waals surface area contributed by atoms with Crippen LogP contribution in [0, 0.1) is 0 Å². The lowest BCUT2D eigenvalue weighted by Gasteiger charge is -2.10. The first kappa shape index (κ1) is 16.5. The maximum Gasteiger partial charge on any atom is 0.501 e. The van der Waals surface area contributed by atoms with Crippen molar-refractivity contribution in [1.82, 2.24) is 0 Å². The Hall–Kier alpha value is -1.82. The van der Waals surface area contributed by atoms with E-state index in [9.17, 15) is 21.6 Å². The zero-order valence-electron chi connectivity index (χ0n) is 12.1. The van der Waals surface area contributed by atoms with Crippen LogP contribution in [0.3, 0.4) is 0 Å². The van der Waals surface area contributed by atoms with Crippen molar-refractivity contribution in [1.29, 1.82) is 0 Å². The van der Waals surface area contributed by atoms with Crippen molar-refractivity contribution in [3.05, 3.63) is 54.1 Å². The Kier molecular flexibility index (Phi) is 4.33. The molecule has 0 atom stereocenters. The van der Waals surface area contributed by atoms with Crippen LogP contribution in [-0.4, -0.2) is 13.9 Å². The van der Waals surface area contributed by atoms with E-state index in [0.717, 1.165) is 23.3 Å². The minimum atomic E-state index is -5.30. The Morgan fingerprint density at radius 3 is 2.00 bits per heavy atom. The lowest BCUT2D eigenvalue weighted by Crippen LogP contribution is -2.23. The third-order valence-electron chi connectivity index (χ3n) is 3.36. The third kappa shape index (κ3) is 3.16. The third-order valence-corrected chi connectivity index (χ3v) is 4.86. The second-order valence-electron chi connectivity index (χ2n) is 5.25. The summed E-state index contributed by atoms with van der Waals surface area (Å²) in [6, 6.07) is 12.4. The summed E-state index contributed by atoms with van der Waals surface area (Å²) in [5.74, 6) is 0.324. The van der Waals surface area contributed by atoms with Crippen molar-refractivity contribution < 1.29 is 21.6 Å². The molecule has 0 N–H and O–H groups in total. The minimum Gasteiger partial charge on any atom is -0.214 e. The van der Waals surface area contributed by atoms with Gasteiger partial charge >= 0.3 is 5.51 Å². The predicted molar refractivity (Wildman–Crippen MR) is 79.2 cm³/mol. The lowest BCUT2D eigenvalue weighted by atomic mass is 9.97. The molecule has 0 spiro atoms. The second kappa shape index (κ2) is 5.76. The maximum absolute atomic E-state index is 12.5. The van der Waals surface area contributed by atoms with Crippen LogP contribution >= 0.6 is 0 Å². The zero-order chi connectivity index (χ0) is 16.5. The fourth-order valence-corrected chi connectivity index (χ4v) is 2.80. The van der Waals surface area contributed by atoms with Crippen LogP contribution in [0.25, 0.3) is 11.1 Å². The molecule has 0 amide bonds. The number of hydrogen-bond acceptors (Lipinski definition) is 2. The van der Waals surface area contributed by atoms with Crippen molar-refractivity contribution in [2.45, 2.75) is 30.2 Å². The van der Waals surface area contributed by atoms with Gasteiger partial charge in [-0.25, -0.2) is 8.42 Å². The molecule has 2 aromatic rings. The first-order chi connectivity index (χ1) is 10.1. The van der Waals surface area contributed by atoms with Crippen molar-refractivity contribution in [2.24, 2.45) is 0 Å². The van der Waals surface area contributed by atoms with Crippen LogP contribution in [0.5, 0.6) is 0 Å². The Bertz CT molecular complexity index is 761. The molecule has 2 rings (SSSR count). The van der Waals surface area contributed by atoms with E-state index >= 15 is 0 Å². The van der Waals surface area contributed by atoms with E-state index in [1.807, 2.05) is 38.1 Å². The number of alkyl halides is 3. The molecule has 2 aromatic carbocycles. The SMILES string of the molecule is CC(C)c1cccc(-c2ccc(S(=O)(=O)C(F)(F)F)cc2)c1. The molecule has 0 aromatic heterocycles. The van der Waals surface area contributed by atoms with Gasteiger partial charge in [-0.3, -0.25) is 0 Å². The molecule has 22 heavy (non-hydrogen) atoms. The predicted octanol–water partition coefficient (Wildman–Crippen LogP) is 4.77. The van der Waals surface area contributed by atoms with Gasteiger partial charge in [0.2, 0.25) is 0 Å². The normalized spacial score (nSPS) is 12.6. The Balaban J connectivity index is 2.40. The van der Waals surface area contributed by atoms with E-state index < -0.39 is 20.2 Å². The standard InChI is InChI=1S/C16H15F3O2S/c1-11(2)13-4-3-5-14(10-13)12-6-8-15(9-7-12)22(20,21)16(17,18)19/h3-11H,1-2H3. The molecule has 0 unspecified atom stereocenters. The number of hydrogen-bond donors (Lipinski definition) is 0. The molecule has 0 radical (unpaired) electrons. The summed E-state index contributed by atoms with van der Waals surface area (Å²) in [6.07, 6.45) is 0. The van der Waals surface area contributed by atoms with Gasteiger partial charge < -0.3 is 0 Å². The number of benzene rings is 2. The summed E-state index contributed by atoms with van der Waals surface area (Å²) in [7, 11) is -5.30. The summed E-state index contributed by atoms with van der Waals surface area (Å²) in [5.41, 5.74) is -2.68. The summed E-state index contributed by atoms with van der Waals surface area (Å²) in [5, 5.41) is 0. The van der Waals surface area contributed by atoms with Gasteiger partial charge in [0.25, 0.3) is 9.84 Å².